The Morgan fingerprint density at radius 2 is 1.91 bits per heavy atom. The van der Waals surface area contributed by atoms with Gasteiger partial charge in [0.1, 0.15) is 11.6 Å². The van der Waals surface area contributed by atoms with Crippen molar-refractivity contribution in [1.82, 2.24) is 29.9 Å². The van der Waals surface area contributed by atoms with Crippen molar-refractivity contribution in [3.05, 3.63) is 79.8 Å². The molecule has 4 rings (SSSR count). The van der Waals surface area contributed by atoms with Gasteiger partial charge in [0.05, 0.1) is 23.0 Å². The highest BCUT2D eigenvalue weighted by molar-refractivity contribution is 7.15. The molecular weight excluding hydrogens is 448 g/mol. The number of nitrogens with zero attached hydrogens (tertiary/aromatic N) is 5. The molecule has 0 unspecified atom stereocenters. The highest BCUT2D eigenvalue weighted by atomic mass is 35.5. The molecule has 164 valence electrons. The van der Waals surface area contributed by atoms with Crippen LogP contribution in [0.15, 0.2) is 47.3 Å². The van der Waals surface area contributed by atoms with Crippen molar-refractivity contribution < 1.29 is 4.79 Å². The minimum Gasteiger partial charge on any atom is -0.350 e. The van der Waals surface area contributed by atoms with E-state index in [4.69, 9.17) is 11.6 Å². The Balaban J connectivity index is 1.46. The van der Waals surface area contributed by atoms with Gasteiger partial charge in [-0.25, -0.2) is 14.3 Å². The van der Waals surface area contributed by atoms with Crippen LogP contribution in [-0.2, 0) is 17.9 Å². The largest absolute Gasteiger partial charge is 0.350 e. The number of amides is 1. The summed E-state index contributed by atoms with van der Waals surface area (Å²) < 4.78 is 2.77. The molecule has 1 aromatic carbocycles. The fourth-order valence-electron chi connectivity index (χ4n) is 3.24. The molecule has 0 spiro atoms. The first-order valence-corrected chi connectivity index (χ1v) is 11.1. The zero-order chi connectivity index (χ0) is 22.8. The number of benzene rings is 1. The van der Waals surface area contributed by atoms with Crippen LogP contribution in [0, 0.1) is 20.8 Å². The summed E-state index contributed by atoms with van der Waals surface area (Å²) in [6.45, 7) is 5.78. The number of thiazole rings is 1. The predicted octanol–water partition coefficient (Wildman–Crippen LogP) is 3.45. The molecule has 3 aromatic heterocycles. The number of nitrogens with one attached hydrogen (secondary N) is 1. The maximum Gasteiger partial charge on any atom is 0.267 e. The van der Waals surface area contributed by atoms with Crippen molar-refractivity contribution >= 4 is 28.8 Å². The van der Waals surface area contributed by atoms with Gasteiger partial charge in [-0.15, -0.1) is 16.4 Å². The van der Waals surface area contributed by atoms with Crippen LogP contribution in [0.4, 0.5) is 0 Å². The number of rotatable bonds is 6. The minimum atomic E-state index is -0.361. The number of carbonyl (C=O) groups excluding carboxylic acids is 1. The fraction of sp³-hybridized carbons (Fsp3) is 0.227. The van der Waals surface area contributed by atoms with Crippen LogP contribution in [-0.4, -0.2) is 30.5 Å². The standard InChI is InChI=1S/C22H21ClN6O2S/c1-13-10-14(2)29(26-13)19-8-9-21(31)28(27-19)12-20(30)24-11-18-15(3)25-22(32-18)16-6-4-5-7-17(16)23/h4-10H,11-12H2,1-3H3,(H,24,30). The summed E-state index contributed by atoms with van der Waals surface area (Å²) in [4.78, 5) is 30.2. The first-order valence-electron chi connectivity index (χ1n) is 9.91. The lowest BCUT2D eigenvalue weighted by molar-refractivity contribution is -0.122. The second-order valence-corrected chi connectivity index (χ2v) is 8.80. The van der Waals surface area contributed by atoms with Crippen molar-refractivity contribution in [1.29, 1.82) is 0 Å². The summed E-state index contributed by atoms with van der Waals surface area (Å²) in [5.41, 5.74) is 3.06. The van der Waals surface area contributed by atoms with Crippen LogP contribution in [0.5, 0.6) is 0 Å². The van der Waals surface area contributed by atoms with Crippen LogP contribution in [0.3, 0.4) is 0 Å². The number of halogens is 1. The van der Waals surface area contributed by atoms with E-state index in [-0.39, 0.29) is 18.0 Å². The van der Waals surface area contributed by atoms with E-state index < -0.39 is 0 Å². The van der Waals surface area contributed by atoms with Crippen LogP contribution in [0.1, 0.15) is 22.0 Å². The molecule has 32 heavy (non-hydrogen) atoms. The van der Waals surface area contributed by atoms with Crippen molar-refractivity contribution in [2.75, 3.05) is 0 Å². The van der Waals surface area contributed by atoms with Gasteiger partial charge in [-0.1, -0.05) is 29.8 Å². The van der Waals surface area contributed by atoms with Gasteiger partial charge in [0.15, 0.2) is 5.82 Å². The highest BCUT2D eigenvalue weighted by Gasteiger charge is 2.14. The predicted molar refractivity (Wildman–Crippen MR) is 124 cm³/mol. The molecule has 0 bridgehead atoms. The Morgan fingerprint density at radius 3 is 2.62 bits per heavy atom. The number of hydrogen-bond acceptors (Lipinski definition) is 6. The molecule has 8 nitrogen and oxygen atoms in total. The Kier molecular flexibility index (Phi) is 6.20. The molecule has 0 aliphatic rings. The Morgan fingerprint density at radius 1 is 1.12 bits per heavy atom. The van der Waals surface area contributed by atoms with Crippen LogP contribution < -0.4 is 10.9 Å². The molecule has 1 amide bonds. The van der Waals surface area contributed by atoms with Crippen LogP contribution in [0.25, 0.3) is 16.4 Å². The number of aromatic nitrogens is 5. The van der Waals surface area contributed by atoms with Gasteiger partial charge in [-0.3, -0.25) is 9.59 Å². The van der Waals surface area contributed by atoms with Gasteiger partial charge in [0, 0.05) is 22.2 Å². The lowest BCUT2D eigenvalue weighted by atomic mass is 10.2. The summed E-state index contributed by atoms with van der Waals surface area (Å²) in [6.07, 6.45) is 0. The summed E-state index contributed by atoms with van der Waals surface area (Å²) in [5, 5.41) is 12.9. The lowest BCUT2D eigenvalue weighted by Gasteiger charge is -2.08. The third-order valence-electron chi connectivity index (χ3n) is 4.82. The normalized spacial score (nSPS) is 11.0. The van der Waals surface area contributed by atoms with E-state index in [0.29, 0.717) is 17.4 Å². The van der Waals surface area contributed by atoms with E-state index in [9.17, 15) is 9.59 Å². The van der Waals surface area contributed by atoms with Gasteiger partial charge in [-0.2, -0.15) is 5.10 Å². The molecule has 0 saturated heterocycles. The Bertz CT molecular complexity index is 1360. The zero-order valence-electron chi connectivity index (χ0n) is 17.8. The van der Waals surface area contributed by atoms with E-state index in [1.807, 2.05) is 51.1 Å². The SMILES string of the molecule is Cc1cc(C)n(-c2ccc(=O)n(CC(=O)NCc3sc(-c4ccccc4Cl)nc3C)n2)n1. The highest BCUT2D eigenvalue weighted by Crippen LogP contribution is 2.32. The molecule has 0 saturated carbocycles. The average Bonchev–Trinajstić information content (AvgIpc) is 3.29. The van der Waals surface area contributed by atoms with Crippen molar-refractivity contribution in [2.45, 2.75) is 33.9 Å². The minimum absolute atomic E-state index is 0.193. The van der Waals surface area contributed by atoms with E-state index in [0.717, 1.165) is 37.2 Å². The van der Waals surface area contributed by atoms with Gasteiger partial charge >= 0.3 is 0 Å². The molecule has 0 fully saturated rings. The van der Waals surface area contributed by atoms with E-state index in [2.05, 4.69) is 20.5 Å². The molecular formula is C22H21ClN6O2S. The van der Waals surface area contributed by atoms with E-state index in [1.54, 1.807) is 10.7 Å². The molecule has 3 heterocycles. The number of carbonyl (C=O) groups is 1. The molecule has 10 heteroatoms. The smallest absolute Gasteiger partial charge is 0.267 e. The molecule has 1 N–H and O–H groups in total. The third-order valence-corrected chi connectivity index (χ3v) is 6.34. The maximum atomic E-state index is 12.5. The summed E-state index contributed by atoms with van der Waals surface area (Å²) >= 11 is 7.75. The zero-order valence-corrected chi connectivity index (χ0v) is 19.4. The summed E-state index contributed by atoms with van der Waals surface area (Å²) in [7, 11) is 0. The molecule has 0 radical (unpaired) electrons. The topological polar surface area (TPSA) is 94.7 Å². The number of hydrogen-bond donors (Lipinski definition) is 1. The molecule has 0 atom stereocenters. The Hall–Kier alpha value is -3.30. The monoisotopic (exact) mass is 468 g/mol. The maximum absolute atomic E-state index is 12.5. The van der Waals surface area contributed by atoms with Crippen LogP contribution >= 0.6 is 22.9 Å². The average molecular weight is 469 g/mol. The van der Waals surface area contributed by atoms with Gasteiger partial charge in [0.25, 0.3) is 5.56 Å². The van der Waals surface area contributed by atoms with E-state index >= 15 is 0 Å². The van der Waals surface area contributed by atoms with Gasteiger partial charge in [0.2, 0.25) is 5.91 Å². The second-order valence-electron chi connectivity index (χ2n) is 7.31. The number of aryl methyl sites for hydroxylation is 3. The van der Waals surface area contributed by atoms with Gasteiger partial charge in [-0.05, 0) is 39.0 Å². The van der Waals surface area contributed by atoms with Crippen molar-refractivity contribution in [3.8, 4) is 16.4 Å². The van der Waals surface area contributed by atoms with Crippen molar-refractivity contribution in [3.63, 3.8) is 0 Å². The second kappa shape index (κ2) is 9.05. The summed E-state index contributed by atoms with van der Waals surface area (Å²) in [5.74, 6) is 0.155. The summed E-state index contributed by atoms with van der Waals surface area (Å²) in [6, 6.07) is 12.4. The first-order chi connectivity index (χ1) is 15.3. The van der Waals surface area contributed by atoms with E-state index in [1.165, 1.54) is 17.4 Å². The quantitative estimate of drug-likeness (QED) is 0.467. The molecule has 0 aliphatic carbocycles. The van der Waals surface area contributed by atoms with Crippen LogP contribution in [0.2, 0.25) is 5.02 Å². The molecule has 4 aromatic rings. The van der Waals surface area contributed by atoms with Crippen molar-refractivity contribution in [2.24, 2.45) is 0 Å². The Labute approximate surface area is 193 Å². The fourth-order valence-corrected chi connectivity index (χ4v) is 4.56. The first kappa shape index (κ1) is 21.9. The third kappa shape index (κ3) is 4.63. The van der Waals surface area contributed by atoms with Gasteiger partial charge < -0.3 is 5.32 Å². The lowest BCUT2D eigenvalue weighted by Crippen LogP contribution is -2.33. The molecule has 0 aliphatic heterocycles.